The fourth-order valence-electron chi connectivity index (χ4n) is 4.40. The number of ether oxygens (including phenoxy) is 1. The fourth-order valence-corrected chi connectivity index (χ4v) is 4.51. The third-order valence-electron chi connectivity index (χ3n) is 6.35. The van der Waals surface area contributed by atoms with E-state index in [1.807, 2.05) is 37.3 Å². The molecule has 2 aromatic rings. The van der Waals surface area contributed by atoms with Crippen LogP contribution in [0.4, 0.5) is 0 Å². The highest BCUT2D eigenvalue weighted by Gasteiger charge is 2.44. The van der Waals surface area contributed by atoms with Crippen LogP contribution in [0.15, 0.2) is 76.0 Å². The lowest BCUT2D eigenvalue weighted by molar-refractivity contribution is -0.104. The van der Waals surface area contributed by atoms with Crippen LogP contribution in [-0.4, -0.2) is 29.5 Å². The predicted molar refractivity (Wildman–Crippen MR) is 138 cm³/mol. The largest absolute Gasteiger partial charge is 0.498 e. The summed E-state index contributed by atoms with van der Waals surface area (Å²) in [5.41, 5.74) is -0.0596. The minimum absolute atomic E-state index is 0.0894. The second-order valence-electron chi connectivity index (χ2n) is 8.90. The number of carbonyl (C=O) groups is 1. The van der Waals surface area contributed by atoms with Gasteiger partial charge in [0.2, 0.25) is 5.89 Å². The molecule has 3 rings (SSSR count). The molecule has 35 heavy (non-hydrogen) atoms. The van der Waals surface area contributed by atoms with E-state index in [0.717, 1.165) is 44.2 Å². The Hall–Kier alpha value is -2.67. The predicted octanol–water partition coefficient (Wildman–Crippen LogP) is 5.77. The molecule has 1 fully saturated rings. The van der Waals surface area contributed by atoms with Crippen molar-refractivity contribution in [2.45, 2.75) is 57.6 Å². The molecule has 1 saturated carbocycles. The standard InChI is InChI=1S/C28H35ClN2O4/c1-21(14-15-23(20-32)22(2)29)34-17-9-16-30-18-26-19-31-27(35-26)28(33,24-10-5-3-6-11-24)25-12-7-4-8-13-25/h3,5-6,10-11,14-15,19-20,25,30,33H,2,4,7-9,12-13,16-18H2,1H3/b21-14+,23-15-/t28-/m0/s1. The van der Waals surface area contributed by atoms with E-state index in [1.54, 1.807) is 18.3 Å². The minimum atomic E-state index is -1.22. The molecule has 0 radical (unpaired) electrons. The number of hydrogen-bond acceptors (Lipinski definition) is 6. The number of benzene rings is 1. The second kappa shape index (κ2) is 13.4. The van der Waals surface area contributed by atoms with Crippen LogP contribution in [-0.2, 0) is 21.7 Å². The molecular weight excluding hydrogens is 464 g/mol. The Labute approximate surface area is 212 Å². The number of nitrogens with one attached hydrogen (secondary N) is 1. The van der Waals surface area contributed by atoms with Gasteiger partial charge in [-0.1, -0.05) is 67.8 Å². The third-order valence-corrected chi connectivity index (χ3v) is 6.57. The number of allylic oxidation sites excluding steroid dienone is 5. The molecule has 0 aliphatic heterocycles. The quantitative estimate of drug-likeness (QED) is 0.120. The number of halogens is 1. The maximum atomic E-state index is 11.9. The highest BCUT2D eigenvalue weighted by Crippen LogP contribution is 2.43. The highest BCUT2D eigenvalue weighted by atomic mass is 35.5. The first-order valence-corrected chi connectivity index (χ1v) is 12.6. The molecule has 1 aliphatic carbocycles. The van der Waals surface area contributed by atoms with Gasteiger partial charge in [0.15, 0.2) is 11.9 Å². The third kappa shape index (κ3) is 7.40. The van der Waals surface area contributed by atoms with Crippen molar-refractivity contribution in [3.8, 4) is 0 Å². The van der Waals surface area contributed by atoms with Gasteiger partial charge in [0.1, 0.15) is 5.76 Å². The molecule has 6 nitrogen and oxygen atoms in total. The fraction of sp³-hybridized carbons (Fsp3) is 0.429. The summed E-state index contributed by atoms with van der Waals surface area (Å²) in [6.07, 6.45) is 11.8. The van der Waals surface area contributed by atoms with Gasteiger partial charge < -0.3 is 19.6 Å². The Kier molecular flexibility index (Phi) is 10.3. The van der Waals surface area contributed by atoms with Crippen molar-refractivity contribution in [3.63, 3.8) is 0 Å². The normalized spacial score (nSPS) is 17.1. The molecule has 1 aromatic heterocycles. The number of rotatable bonds is 13. The number of aromatic nitrogens is 1. The monoisotopic (exact) mass is 498 g/mol. The van der Waals surface area contributed by atoms with E-state index in [9.17, 15) is 9.90 Å². The van der Waals surface area contributed by atoms with Crippen LogP contribution in [0.5, 0.6) is 0 Å². The van der Waals surface area contributed by atoms with Gasteiger partial charge in [-0.25, -0.2) is 4.98 Å². The molecule has 0 bridgehead atoms. The molecule has 1 aromatic carbocycles. The van der Waals surface area contributed by atoms with Gasteiger partial charge in [-0.05, 0) is 50.4 Å². The molecule has 1 atom stereocenters. The Bertz CT molecular complexity index is 1020. The van der Waals surface area contributed by atoms with Crippen LogP contribution >= 0.6 is 11.6 Å². The smallest absolute Gasteiger partial charge is 0.231 e. The second-order valence-corrected chi connectivity index (χ2v) is 9.36. The lowest BCUT2D eigenvalue weighted by Gasteiger charge is -2.36. The van der Waals surface area contributed by atoms with E-state index < -0.39 is 5.60 Å². The van der Waals surface area contributed by atoms with Crippen LogP contribution < -0.4 is 5.32 Å². The number of aldehydes is 1. The van der Waals surface area contributed by atoms with Gasteiger partial charge >= 0.3 is 0 Å². The first-order valence-electron chi connectivity index (χ1n) is 12.2. The van der Waals surface area contributed by atoms with Gasteiger partial charge in [0, 0.05) is 16.5 Å². The molecule has 0 saturated heterocycles. The lowest BCUT2D eigenvalue weighted by atomic mass is 9.73. The maximum absolute atomic E-state index is 11.9. The maximum Gasteiger partial charge on any atom is 0.231 e. The van der Waals surface area contributed by atoms with E-state index in [1.165, 1.54) is 6.42 Å². The Morgan fingerprint density at radius 2 is 2.03 bits per heavy atom. The Morgan fingerprint density at radius 3 is 2.71 bits per heavy atom. The molecule has 1 heterocycles. The highest BCUT2D eigenvalue weighted by molar-refractivity contribution is 6.33. The molecule has 1 aliphatic rings. The summed E-state index contributed by atoms with van der Waals surface area (Å²) in [5.74, 6) is 1.84. The average Bonchev–Trinajstić information content (AvgIpc) is 3.36. The molecule has 0 amide bonds. The van der Waals surface area contributed by atoms with E-state index in [-0.39, 0.29) is 11.0 Å². The summed E-state index contributed by atoms with van der Waals surface area (Å²) in [6, 6.07) is 9.75. The van der Waals surface area contributed by atoms with Crippen LogP contribution in [0.25, 0.3) is 0 Å². The summed E-state index contributed by atoms with van der Waals surface area (Å²) >= 11 is 5.74. The number of aliphatic hydroxyl groups is 1. The van der Waals surface area contributed by atoms with Crippen molar-refractivity contribution < 1.29 is 19.1 Å². The summed E-state index contributed by atoms with van der Waals surface area (Å²) in [4.78, 5) is 15.4. The van der Waals surface area contributed by atoms with Crippen molar-refractivity contribution in [2.75, 3.05) is 13.2 Å². The van der Waals surface area contributed by atoms with E-state index in [0.29, 0.717) is 42.4 Å². The molecule has 7 heteroatoms. The Morgan fingerprint density at radius 1 is 1.29 bits per heavy atom. The lowest BCUT2D eigenvalue weighted by Crippen LogP contribution is -2.38. The molecule has 188 valence electrons. The first-order chi connectivity index (χ1) is 16.9. The molecule has 0 spiro atoms. The van der Waals surface area contributed by atoms with Gasteiger partial charge in [-0.2, -0.15) is 0 Å². The van der Waals surface area contributed by atoms with Crippen molar-refractivity contribution in [3.05, 3.63) is 88.8 Å². The SMILES string of the molecule is C=C(Cl)/C(C=O)=C\C=C(/C)OCCCNCc1cnc([C@](O)(c2ccccc2)C2CCCCC2)o1. The summed E-state index contributed by atoms with van der Waals surface area (Å²) in [5, 5.41) is 15.4. The first kappa shape index (κ1) is 26.9. The number of carbonyl (C=O) groups excluding carboxylic acids is 1. The van der Waals surface area contributed by atoms with Crippen LogP contribution in [0.2, 0.25) is 0 Å². The zero-order valence-electron chi connectivity index (χ0n) is 20.3. The summed E-state index contributed by atoms with van der Waals surface area (Å²) in [6.45, 7) is 7.13. The van der Waals surface area contributed by atoms with Crippen LogP contribution in [0.1, 0.15) is 62.7 Å². The van der Waals surface area contributed by atoms with Crippen LogP contribution in [0, 0.1) is 5.92 Å². The van der Waals surface area contributed by atoms with Gasteiger partial charge in [-0.3, -0.25) is 4.79 Å². The van der Waals surface area contributed by atoms with Gasteiger partial charge in [-0.15, -0.1) is 0 Å². The van der Waals surface area contributed by atoms with Crippen molar-refractivity contribution >= 4 is 17.9 Å². The molecular formula is C28H35ClN2O4. The topological polar surface area (TPSA) is 84.6 Å². The van der Waals surface area contributed by atoms with Gasteiger partial charge in [0.05, 0.1) is 25.1 Å². The zero-order valence-corrected chi connectivity index (χ0v) is 21.1. The summed E-state index contributed by atoms with van der Waals surface area (Å²) in [7, 11) is 0. The van der Waals surface area contributed by atoms with Crippen molar-refractivity contribution in [1.82, 2.24) is 10.3 Å². The van der Waals surface area contributed by atoms with Crippen LogP contribution in [0.3, 0.4) is 0 Å². The van der Waals surface area contributed by atoms with E-state index in [2.05, 4.69) is 16.9 Å². The van der Waals surface area contributed by atoms with E-state index in [4.69, 9.17) is 20.8 Å². The van der Waals surface area contributed by atoms with Crippen molar-refractivity contribution in [1.29, 1.82) is 0 Å². The van der Waals surface area contributed by atoms with E-state index >= 15 is 0 Å². The Balaban J connectivity index is 1.51. The number of hydrogen-bond donors (Lipinski definition) is 2. The minimum Gasteiger partial charge on any atom is -0.498 e. The zero-order chi connectivity index (χ0) is 25.1. The average molecular weight is 499 g/mol. The molecule has 0 unspecified atom stereocenters. The number of nitrogens with zero attached hydrogens (tertiary/aromatic N) is 1. The summed E-state index contributed by atoms with van der Waals surface area (Å²) < 4.78 is 11.7. The number of oxazole rings is 1. The molecule has 2 N–H and O–H groups in total. The van der Waals surface area contributed by atoms with Crippen molar-refractivity contribution in [2.24, 2.45) is 5.92 Å². The van der Waals surface area contributed by atoms with Gasteiger partial charge in [0.25, 0.3) is 0 Å².